The van der Waals surface area contributed by atoms with Gasteiger partial charge in [-0.15, -0.1) is 0 Å². The first kappa shape index (κ1) is 95.3. The summed E-state index contributed by atoms with van der Waals surface area (Å²) in [5, 5.41) is 47.6. The quantitative estimate of drug-likeness (QED) is 0.0195. The molecule has 16 rings (SSSR count). The van der Waals surface area contributed by atoms with Gasteiger partial charge in [0, 0.05) is 165 Å². The molecule has 12 heterocycles. The fourth-order valence-electron chi connectivity index (χ4n) is 14.7. The van der Waals surface area contributed by atoms with Crippen LogP contribution in [0.25, 0.3) is 66.5 Å². The van der Waals surface area contributed by atoms with Crippen LogP contribution in [0.3, 0.4) is 0 Å². The third-order valence-corrected chi connectivity index (χ3v) is 26.9. The zero-order valence-corrected chi connectivity index (χ0v) is 80.0. The van der Waals surface area contributed by atoms with Crippen LogP contribution in [-0.4, -0.2) is 263 Å². The molecule has 33 heteroatoms. The molecule has 0 amide bonds. The molecular weight excluding hydrogens is 1680 g/mol. The van der Waals surface area contributed by atoms with Gasteiger partial charge in [-0.3, -0.25) is 4.99 Å². The summed E-state index contributed by atoms with van der Waals surface area (Å²) >= 11 is 0. The van der Waals surface area contributed by atoms with E-state index < -0.39 is 41.4 Å². The molecular formula is C95H129N15O15Si3. The maximum Gasteiger partial charge on any atom is 0.344 e. The van der Waals surface area contributed by atoms with Gasteiger partial charge in [-0.2, -0.15) is 15.3 Å². The third kappa shape index (κ3) is 27.6. The molecule has 0 radical (unpaired) electrons. The smallest absolute Gasteiger partial charge is 0.344 e. The minimum Gasteiger partial charge on any atom is -0.508 e. The van der Waals surface area contributed by atoms with E-state index in [1.807, 2.05) is 118 Å². The Hall–Kier alpha value is -10.3. The number of hydrogen-bond acceptors (Lipinski definition) is 27. The highest BCUT2D eigenvalue weighted by Gasteiger charge is 2.27. The van der Waals surface area contributed by atoms with Gasteiger partial charge in [0.05, 0.1) is 99.5 Å². The van der Waals surface area contributed by atoms with Gasteiger partial charge in [-0.25, -0.2) is 38.8 Å². The summed E-state index contributed by atoms with van der Waals surface area (Å²) < 4.78 is 67.9. The van der Waals surface area contributed by atoms with Crippen LogP contribution in [0.2, 0.25) is 77.1 Å². The number of rotatable bonds is 33. The second-order valence-corrected chi connectivity index (χ2v) is 54.3. The minimum absolute atomic E-state index is 0.140. The highest BCUT2D eigenvalue weighted by Crippen LogP contribution is 2.38. The fraction of sp³-hybridized carbons (Fsp3) is 0.484. The number of pyridine rings is 4. The standard InChI is InChI=1S/C26H36N4O5Si.C26H38N4O4Si.C22H30N4O3Si.C21H25N3O3/c1-5-34-25(31)18-35-21-6-7-23-22(17-21)26(28-30(23)19-33-14-15-36(2,3)4)20-8-9-27-24(16-20)29-10-12-32-13-11-29;1-26(2,31)18-34-21-6-7-23-22(17-21)25(28-30(23)19-33-14-15-35(3,4)5)20-8-9-27-24(16-20)29-10-12-32-13-11-29;1-30(2,3)13-12-29-16-26-20-5-4-18(27)15-19(20)22(24-26)17-6-7-23-21(14-17)25-8-10-28-11-9-25;1-21(2,25)14-27-17-4-3-16-13-23-20(18(16)12-17)15-5-6-22-19(11-15)24-7-9-26-10-8-24/h6-9,16-17H,5,10-15,18-19H2,1-4H3;6-9,16-17,31H,10-15,18-19H2,1-5H3;4-7,14-15,27H,8-13,16H2,1-3H3;3-6,11-12,25H,7-10,13-14H2,1-2H3. The molecule has 0 atom stereocenters. The maximum atomic E-state index is 11.8. The summed E-state index contributed by atoms with van der Waals surface area (Å²) in [4.78, 5) is 43.7. The zero-order chi connectivity index (χ0) is 90.6. The van der Waals surface area contributed by atoms with Gasteiger partial charge in [0.25, 0.3) is 0 Å². The van der Waals surface area contributed by atoms with Crippen LogP contribution in [0.4, 0.5) is 23.3 Å². The molecule has 30 nitrogen and oxygen atoms in total. The van der Waals surface area contributed by atoms with Crippen LogP contribution in [-0.2, 0) is 69.4 Å². The number of aromatic hydroxyl groups is 1. The summed E-state index contributed by atoms with van der Waals surface area (Å²) in [7, 11) is -3.48. The lowest BCUT2D eigenvalue weighted by Gasteiger charge is -2.28. The monoisotopic (exact) mass is 1800 g/mol. The van der Waals surface area contributed by atoms with E-state index in [9.17, 15) is 20.1 Å². The Morgan fingerprint density at radius 1 is 0.422 bits per heavy atom. The number of hydrogen-bond donors (Lipinski definition) is 3. The second-order valence-electron chi connectivity index (χ2n) is 37.4. The summed E-state index contributed by atoms with van der Waals surface area (Å²) in [6.45, 7) is 46.8. The van der Waals surface area contributed by atoms with Gasteiger partial charge in [0.15, 0.2) is 6.61 Å². The molecule has 686 valence electrons. The van der Waals surface area contributed by atoms with Crippen molar-refractivity contribution in [3.8, 4) is 56.8 Å². The Morgan fingerprint density at radius 2 is 0.758 bits per heavy atom. The third-order valence-electron chi connectivity index (χ3n) is 21.8. The van der Waals surface area contributed by atoms with Gasteiger partial charge in [-0.1, -0.05) is 65.0 Å². The number of benzene rings is 4. The predicted molar refractivity (Wildman–Crippen MR) is 511 cm³/mol. The Balaban J connectivity index is 0.000000147. The summed E-state index contributed by atoms with van der Waals surface area (Å²) in [6.07, 6.45) is 7.31. The zero-order valence-electron chi connectivity index (χ0n) is 77.0. The average molecular weight is 1810 g/mol. The van der Waals surface area contributed by atoms with Crippen LogP contribution < -0.4 is 33.8 Å². The Labute approximate surface area is 754 Å². The number of carbonyl (C=O) groups is 1. The van der Waals surface area contributed by atoms with Crippen molar-refractivity contribution in [2.45, 2.75) is 150 Å². The highest BCUT2D eigenvalue weighted by molar-refractivity contribution is 6.76. The minimum atomic E-state index is -1.18. The highest BCUT2D eigenvalue weighted by atomic mass is 28.3. The second kappa shape index (κ2) is 43.9. The largest absolute Gasteiger partial charge is 0.508 e. The number of aliphatic imine (C=N–C) groups is 1. The van der Waals surface area contributed by atoms with Gasteiger partial charge in [0.1, 0.15) is 96.8 Å². The maximum absolute atomic E-state index is 11.8. The molecule has 7 aromatic heterocycles. The molecule has 0 bridgehead atoms. The van der Waals surface area contributed by atoms with E-state index in [0.29, 0.717) is 91.1 Å². The molecule has 128 heavy (non-hydrogen) atoms. The number of aliphatic hydroxyl groups is 2. The van der Waals surface area contributed by atoms with Crippen molar-refractivity contribution in [3.63, 3.8) is 0 Å². The molecule has 4 fully saturated rings. The summed E-state index contributed by atoms with van der Waals surface area (Å²) in [5.41, 5.74) is 10.8. The first-order chi connectivity index (χ1) is 61.3. The first-order valence-corrected chi connectivity index (χ1v) is 55.7. The van der Waals surface area contributed by atoms with Crippen LogP contribution in [0, 0.1) is 0 Å². The summed E-state index contributed by atoms with van der Waals surface area (Å²) in [6, 6.07) is 42.6. The van der Waals surface area contributed by atoms with Crippen molar-refractivity contribution in [1.82, 2.24) is 49.3 Å². The van der Waals surface area contributed by atoms with Gasteiger partial charge in [-0.05, 0) is 174 Å². The van der Waals surface area contributed by atoms with E-state index in [1.165, 1.54) is 5.56 Å². The SMILES string of the molecule is CC(C)(O)COc1ccc2c(c1)C(c1ccnc(N3CCOCC3)c1)=NC2.CC(C)(O)COc1ccc2c(c1)c(-c1ccnc(N3CCOCC3)c1)nn2COCC[Si](C)(C)C.CCOC(=O)COc1ccc2c(c1)c(-c1ccnc(N3CCOCC3)c1)nn2COCC[Si](C)(C)C.C[Si](C)(C)CCOCn1nc(-c2ccnc(N3CCOCC3)c2)c2cc(O)ccc21. The molecule has 4 saturated heterocycles. The number of aromatic nitrogens is 10. The van der Waals surface area contributed by atoms with E-state index in [4.69, 9.17) is 72.4 Å². The molecule has 0 saturated carbocycles. The van der Waals surface area contributed by atoms with Crippen molar-refractivity contribution in [2.75, 3.05) is 171 Å². The number of fused-ring (bicyclic) bond motifs is 4. The van der Waals surface area contributed by atoms with Crippen LogP contribution >= 0.6 is 0 Å². The van der Waals surface area contributed by atoms with Crippen molar-refractivity contribution in [2.24, 2.45) is 4.99 Å². The molecule has 0 aliphatic carbocycles. The van der Waals surface area contributed by atoms with Crippen molar-refractivity contribution >= 4 is 91.9 Å². The lowest BCUT2D eigenvalue weighted by atomic mass is 10.0. The van der Waals surface area contributed by atoms with Gasteiger partial charge >= 0.3 is 5.97 Å². The number of ether oxygens (including phenoxy) is 11. The van der Waals surface area contributed by atoms with Gasteiger partial charge in [0.2, 0.25) is 0 Å². The average Bonchev–Trinajstić information content (AvgIpc) is 1.63. The van der Waals surface area contributed by atoms with Crippen LogP contribution in [0.15, 0.2) is 151 Å². The molecule has 3 N–H and O–H groups in total. The summed E-state index contributed by atoms with van der Waals surface area (Å²) in [5.74, 6) is 5.56. The van der Waals surface area contributed by atoms with E-state index in [-0.39, 0.29) is 25.6 Å². The number of phenolic OH excluding ortho intramolecular Hbond substituents is 1. The van der Waals surface area contributed by atoms with Crippen LogP contribution in [0.5, 0.6) is 23.0 Å². The molecule has 5 aliphatic rings. The molecule has 0 spiro atoms. The Morgan fingerprint density at radius 3 is 1.12 bits per heavy atom. The number of nitrogens with zero attached hydrogens (tertiary/aromatic N) is 15. The van der Waals surface area contributed by atoms with E-state index in [1.54, 1.807) is 46.8 Å². The van der Waals surface area contributed by atoms with Crippen molar-refractivity contribution < 1.29 is 72.2 Å². The Bertz CT molecular complexity index is 5500. The number of morpholine rings is 4. The fourth-order valence-corrected chi connectivity index (χ4v) is 16.9. The normalized spacial score (nSPS) is 15.2. The topological polar surface area (TPSA) is 310 Å². The lowest BCUT2D eigenvalue weighted by Crippen LogP contribution is -2.36. The molecule has 0 unspecified atom stereocenters. The molecule has 5 aliphatic heterocycles. The number of phenols is 1. The van der Waals surface area contributed by atoms with Crippen molar-refractivity contribution in [3.05, 3.63) is 163 Å². The van der Waals surface area contributed by atoms with Gasteiger partial charge < -0.3 is 87.0 Å². The molecule has 11 aromatic rings. The van der Waals surface area contributed by atoms with Crippen LogP contribution in [0.1, 0.15) is 51.3 Å². The predicted octanol–water partition coefficient (Wildman–Crippen LogP) is 15.0. The van der Waals surface area contributed by atoms with E-state index in [2.05, 4.69) is 129 Å². The van der Waals surface area contributed by atoms with Crippen molar-refractivity contribution in [1.29, 1.82) is 0 Å². The number of esters is 1. The molecule has 4 aromatic carbocycles. The first-order valence-electron chi connectivity index (χ1n) is 44.6. The Kier molecular flexibility index (Phi) is 32.7. The number of carbonyl (C=O) groups excluding carboxylic acids is 1. The lowest BCUT2D eigenvalue weighted by molar-refractivity contribution is -0.145. The van der Waals surface area contributed by atoms with E-state index in [0.717, 1.165) is 209 Å². The van der Waals surface area contributed by atoms with E-state index >= 15 is 0 Å². The number of anilines is 4.